The van der Waals surface area contributed by atoms with Crippen molar-refractivity contribution in [3.63, 3.8) is 0 Å². The lowest BCUT2D eigenvalue weighted by Gasteiger charge is -2.40. The fourth-order valence-electron chi connectivity index (χ4n) is 5.01. The molecule has 4 nitrogen and oxygen atoms in total. The number of hydrogen-bond acceptors (Lipinski definition) is 4. The van der Waals surface area contributed by atoms with E-state index >= 15 is 0 Å². The van der Waals surface area contributed by atoms with E-state index in [0.717, 1.165) is 50.4 Å². The van der Waals surface area contributed by atoms with Crippen LogP contribution in [0.5, 0.6) is 0 Å². The van der Waals surface area contributed by atoms with Crippen molar-refractivity contribution in [2.75, 3.05) is 26.2 Å². The van der Waals surface area contributed by atoms with Crippen molar-refractivity contribution in [2.24, 2.45) is 11.7 Å². The normalized spacial score (nSPS) is 31.0. The van der Waals surface area contributed by atoms with Crippen molar-refractivity contribution in [3.8, 4) is 0 Å². The standard InChI is InChI=1S/C21H27F2N3O/c22-14-3-4-17(23)16(9-14)21-18(24)10-15(12-27-21)26-8-6-19-20(26)5-7-25(19)11-13-1-2-13/h3-4,9,13,15,18,21H,1-2,5-8,10-12,24H2/t15-,18+,21-/m1/s1. The molecular weight excluding hydrogens is 348 g/mol. The number of halogens is 2. The molecule has 3 aliphatic heterocycles. The van der Waals surface area contributed by atoms with Gasteiger partial charge in [-0.05, 0) is 43.4 Å². The number of nitrogens with zero attached hydrogens (tertiary/aromatic N) is 2. The minimum atomic E-state index is -0.581. The molecule has 1 saturated carbocycles. The highest BCUT2D eigenvalue weighted by Gasteiger charge is 2.40. The second kappa shape index (κ2) is 6.74. The molecule has 3 atom stereocenters. The number of nitrogens with two attached hydrogens (primary N) is 1. The van der Waals surface area contributed by atoms with Crippen LogP contribution in [0.15, 0.2) is 29.6 Å². The van der Waals surface area contributed by atoms with Gasteiger partial charge in [-0.25, -0.2) is 8.78 Å². The Labute approximate surface area is 158 Å². The van der Waals surface area contributed by atoms with E-state index in [4.69, 9.17) is 10.5 Å². The Morgan fingerprint density at radius 3 is 2.70 bits per heavy atom. The summed E-state index contributed by atoms with van der Waals surface area (Å²) in [7, 11) is 0. The quantitative estimate of drug-likeness (QED) is 0.878. The molecule has 2 fully saturated rings. The molecule has 2 N–H and O–H groups in total. The van der Waals surface area contributed by atoms with Crippen molar-refractivity contribution in [1.29, 1.82) is 0 Å². The lowest BCUT2D eigenvalue weighted by atomic mass is 9.93. The first-order valence-corrected chi connectivity index (χ1v) is 10.2. The van der Waals surface area contributed by atoms with Crippen LogP contribution in [0, 0.1) is 17.6 Å². The van der Waals surface area contributed by atoms with Crippen molar-refractivity contribution < 1.29 is 13.5 Å². The zero-order valence-electron chi connectivity index (χ0n) is 15.5. The van der Waals surface area contributed by atoms with Gasteiger partial charge in [0, 0.05) is 55.5 Å². The molecule has 3 heterocycles. The summed E-state index contributed by atoms with van der Waals surface area (Å²) >= 11 is 0. The highest BCUT2D eigenvalue weighted by Crippen LogP contribution is 2.41. The Kier molecular flexibility index (Phi) is 4.36. The SMILES string of the molecule is N[C@H]1C[C@@H](N2CCC3=C2CCN3CC2CC2)CO[C@@H]1c1cc(F)ccc1F. The van der Waals surface area contributed by atoms with Crippen LogP contribution in [0.2, 0.25) is 0 Å². The number of hydrogen-bond donors (Lipinski definition) is 1. The van der Waals surface area contributed by atoms with Gasteiger partial charge in [0.15, 0.2) is 0 Å². The summed E-state index contributed by atoms with van der Waals surface area (Å²) < 4.78 is 33.7. The molecule has 1 saturated heterocycles. The van der Waals surface area contributed by atoms with Gasteiger partial charge in [-0.2, -0.15) is 0 Å². The number of ether oxygens (including phenoxy) is 1. The van der Waals surface area contributed by atoms with E-state index in [1.165, 1.54) is 36.8 Å². The van der Waals surface area contributed by atoms with Gasteiger partial charge in [-0.15, -0.1) is 0 Å². The molecule has 1 aliphatic carbocycles. The lowest BCUT2D eigenvalue weighted by molar-refractivity contribution is -0.0433. The Morgan fingerprint density at radius 2 is 1.93 bits per heavy atom. The minimum absolute atomic E-state index is 0.223. The van der Waals surface area contributed by atoms with Crippen molar-refractivity contribution in [1.82, 2.24) is 9.80 Å². The van der Waals surface area contributed by atoms with Gasteiger partial charge >= 0.3 is 0 Å². The fraction of sp³-hybridized carbons (Fsp3) is 0.619. The van der Waals surface area contributed by atoms with Crippen LogP contribution in [-0.4, -0.2) is 48.1 Å². The molecule has 0 unspecified atom stereocenters. The van der Waals surface area contributed by atoms with Crippen molar-refractivity contribution >= 4 is 0 Å². The molecule has 0 bridgehead atoms. The second-order valence-corrected chi connectivity index (χ2v) is 8.45. The van der Waals surface area contributed by atoms with E-state index < -0.39 is 17.7 Å². The molecule has 0 amide bonds. The topological polar surface area (TPSA) is 41.7 Å². The molecule has 6 heteroatoms. The van der Waals surface area contributed by atoms with Crippen LogP contribution >= 0.6 is 0 Å². The molecule has 1 aromatic carbocycles. The highest BCUT2D eigenvalue weighted by atomic mass is 19.1. The summed E-state index contributed by atoms with van der Waals surface area (Å²) in [4.78, 5) is 5.06. The van der Waals surface area contributed by atoms with Gasteiger partial charge in [0.2, 0.25) is 0 Å². The molecule has 0 spiro atoms. The van der Waals surface area contributed by atoms with Gasteiger partial charge in [0.05, 0.1) is 12.6 Å². The van der Waals surface area contributed by atoms with Gasteiger partial charge in [-0.1, -0.05) is 0 Å². The molecule has 0 aromatic heterocycles. The van der Waals surface area contributed by atoms with E-state index in [0.29, 0.717) is 6.61 Å². The highest BCUT2D eigenvalue weighted by molar-refractivity contribution is 5.26. The third-order valence-electron chi connectivity index (χ3n) is 6.55. The van der Waals surface area contributed by atoms with Gasteiger partial charge in [0.25, 0.3) is 0 Å². The van der Waals surface area contributed by atoms with Gasteiger partial charge in [-0.3, -0.25) is 0 Å². The van der Waals surface area contributed by atoms with Crippen molar-refractivity contribution in [3.05, 3.63) is 46.8 Å². The molecular formula is C21H27F2N3O. The fourth-order valence-corrected chi connectivity index (χ4v) is 5.01. The van der Waals surface area contributed by atoms with Crippen LogP contribution in [0.25, 0.3) is 0 Å². The summed E-state index contributed by atoms with van der Waals surface area (Å²) in [6.07, 6.45) is 5.13. The largest absolute Gasteiger partial charge is 0.373 e. The Morgan fingerprint density at radius 1 is 1.11 bits per heavy atom. The summed E-state index contributed by atoms with van der Waals surface area (Å²) in [6, 6.07) is 3.37. The van der Waals surface area contributed by atoms with E-state index in [1.54, 1.807) is 0 Å². The minimum Gasteiger partial charge on any atom is -0.373 e. The molecule has 27 heavy (non-hydrogen) atoms. The third-order valence-corrected chi connectivity index (χ3v) is 6.55. The Balaban J connectivity index is 1.28. The molecule has 0 radical (unpaired) electrons. The van der Waals surface area contributed by atoms with Crippen LogP contribution in [0.3, 0.4) is 0 Å². The van der Waals surface area contributed by atoms with Crippen LogP contribution in [-0.2, 0) is 4.74 Å². The average Bonchev–Trinajstić information content (AvgIpc) is 3.23. The zero-order valence-corrected chi connectivity index (χ0v) is 15.5. The Hall–Kier alpha value is -1.66. The first kappa shape index (κ1) is 17.4. The first-order chi connectivity index (χ1) is 13.1. The number of rotatable bonds is 4. The smallest absolute Gasteiger partial charge is 0.129 e. The maximum atomic E-state index is 14.1. The summed E-state index contributed by atoms with van der Waals surface area (Å²) in [5, 5.41) is 0. The van der Waals surface area contributed by atoms with Crippen LogP contribution in [0.1, 0.15) is 43.8 Å². The van der Waals surface area contributed by atoms with E-state index in [2.05, 4.69) is 9.80 Å². The van der Waals surface area contributed by atoms with Crippen molar-refractivity contribution in [2.45, 2.75) is 50.3 Å². The predicted octanol–water partition coefficient (Wildman–Crippen LogP) is 3.16. The average molecular weight is 375 g/mol. The maximum absolute atomic E-state index is 14.1. The molecule has 146 valence electrons. The first-order valence-electron chi connectivity index (χ1n) is 10.2. The van der Waals surface area contributed by atoms with Crippen LogP contribution < -0.4 is 5.73 Å². The van der Waals surface area contributed by atoms with E-state index in [1.807, 2.05) is 0 Å². The maximum Gasteiger partial charge on any atom is 0.129 e. The lowest BCUT2D eigenvalue weighted by Crippen LogP contribution is -2.48. The zero-order chi connectivity index (χ0) is 18.5. The van der Waals surface area contributed by atoms with E-state index in [-0.39, 0.29) is 17.6 Å². The summed E-state index contributed by atoms with van der Waals surface area (Å²) in [5.41, 5.74) is 9.58. The summed E-state index contributed by atoms with van der Waals surface area (Å²) in [5.74, 6) is -0.00684. The number of benzene rings is 1. The Bertz CT molecular complexity index is 764. The predicted molar refractivity (Wildman–Crippen MR) is 98.7 cm³/mol. The molecule has 4 aliphatic rings. The van der Waals surface area contributed by atoms with Gasteiger partial charge in [0.1, 0.15) is 17.7 Å². The second-order valence-electron chi connectivity index (χ2n) is 8.45. The van der Waals surface area contributed by atoms with Gasteiger partial charge < -0.3 is 20.3 Å². The molecule has 1 aromatic rings. The van der Waals surface area contributed by atoms with E-state index in [9.17, 15) is 8.78 Å². The monoisotopic (exact) mass is 375 g/mol. The molecule has 5 rings (SSSR count). The van der Waals surface area contributed by atoms with Crippen LogP contribution in [0.4, 0.5) is 8.78 Å². The third kappa shape index (κ3) is 3.23. The summed E-state index contributed by atoms with van der Waals surface area (Å²) in [6.45, 7) is 3.88.